The molecule has 1 amide bonds. The highest BCUT2D eigenvalue weighted by atomic mass is 16.3. The predicted octanol–water partition coefficient (Wildman–Crippen LogP) is 1.83. The van der Waals surface area contributed by atoms with Gasteiger partial charge in [0.25, 0.3) is 0 Å². The zero-order valence-corrected chi connectivity index (χ0v) is 11.8. The first kappa shape index (κ1) is 15.5. The molecule has 0 radical (unpaired) electrons. The minimum Gasteiger partial charge on any atom is -0.508 e. The molecular weight excluding hydrogens is 240 g/mol. The quantitative estimate of drug-likeness (QED) is 0.628. The summed E-state index contributed by atoms with van der Waals surface area (Å²) in [6, 6.07) is 7.37. The number of hydrogen-bond donors (Lipinski definition) is 3. The monoisotopic (exact) mass is 264 g/mol. The highest BCUT2D eigenvalue weighted by Crippen LogP contribution is 2.11. The zero-order chi connectivity index (χ0) is 14.1. The summed E-state index contributed by atoms with van der Waals surface area (Å²) in [6.07, 6.45) is 2.32. The van der Waals surface area contributed by atoms with Gasteiger partial charge in [-0.25, -0.2) is 0 Å². The largest absolute Gasteiger partial charge is 0.508 e. The summed E-state index contributed by atoms with van der Waals surface area (Å²) >= 11 is 0. The van der Waals surface area contributed by atoms with Gasteiger partial charge in [0.1, 0.15) is 5.75 Å². The molecule has 106 valence electrons. The first-order valence-corrected chi connectivity index (χ1v) is 6.89. The second kappa shape index (κ2) is 8.53. The number of carbonyl (C=O) groups is 1. The summed E-state index contributed by atoms with van der Waals surface area (Å²) < 4.78 is 0. The van der Waals surface area contributed by atoms with E-state index in [0.29, 0.717) is 6.42 Å². The summed E-state index contributed by atoms with van der Waals surface area (Å²) in [7, 11) is 0. The minimum atomic E-state index is 0.0964. The van der Waals surface area contributed by atoms with Crippen molar-refractivity contribution in [2.45, 2.75) is 39.2 Å². The average Bonchev–Trinajstić information content (AvgIpc) is 2.38. The molecule has 0 aliphatic rings. The van der Waals surface area contributed by atoms with Gasteiger partial charge in [-0.2, -0.15) is 0 Å². The molecule has 0 spiro atoms. The van der Waals surface area contributed by atoms with Gasteiger partial charge >= 0.3 is 0 Å². The van der Waals surface area contributed by atoms with E-state index >= 15 is 0 Å². The van der Waals surface area contributed by atoms with E-state index in [-0.39, 0.29) is 17.7 Å². The van der Waals surface area contributed by atoms with Gasteiger partial charge in [0.15, 0.2) is 0 Å². The third-order valence-electron chi connectivity index (χ3n) is 2.99. The van der Waals surface area contributed by atoms with Crippen molar-refractivity contribution in [2.24, 2.45) is 0 Å². The van der Waals surface area contributed by atoms with Gasteiger partial charge in [0.05, 0.1) is 0 Å². The molecule has 0 saturated heterocycles. The summed E-state index contributed by atoms with van der Waals surface area (Å²) in [5.41, 5.74) is 1.17. The van der Waals surface area contributed by atoms with Crippen LogP contribution in [0, 0.1) is 0 Å². The van der Waals surface area contributed by atoms with E-state index < -0.39 is 0 Å². The molecule has 1 aromatic rings. The molecular formula is C15H24N2O2. The van der Waals surface area contributed by atoms with E-state index in [0.717, 1.165) is 25.9 Å². The van der Waals surface area contributed by atoms with Crippen LogP contribution in [0.1, 0.15) is 32.3 Å². The van der Waals surface area contributed by atoms with E-state index in [2.05, 4.69) is 10.6 Å². The van der Waals surface area contributed by atoms with Crippen LogP contribution < -0.4 is 10.6 Å². The number of phenols is 1. The standard InChI is InChI=1S/C15H24N2O2/c1-3-16-11-10-15(19)17-12(2)4-5-13-6-8-14(18)9-7-13/h6-9,12,16,18H,3-5,10-11H2,1-2H3,(H,17,19). The topological polar surface area (TPSA) is 61.4 Å². The van der Waals surface area contributed by atoms with Crippen LogP contribution in [-0.2, 0) is 11.2 Å². The number of carbonyl (C=O) groups excluding carboxylic acids is 1. The summed E-state index contributed by atoms with van der Waals surface area (Å²) in [5, 5.41) is 15.3. The zero-order valence-electron chi connectivity index (χ0n) is 11.8. The number of phenolic OH excluding ortho intramolecular Hbond substituents is 1. The Morgan fingerprint density at radius 1 is 1.32 bits per heavy atom. The van der Waals surface area contributed by atoms with Crippen LogP contribution in [-0.4, -0.2) is 30.1 Å². The summed E-state index contributed by atoms with van der Waals surface area (Å²) in [4.78, 5) is 11.6. The average molecular weight is 264 g/mol. The first-order valence-electron chi connectivity index (χ1n) is 6.89. The van der Waals surface area contributed by atoms with Gasteiger partial charge in [-0.3, -0.25) is 4.79 Å². The number of hydrogen-bond acceptors (Lipinski definition) is 3. The SMILES string of the molecule is CCNCCC(=O)NC(C)CCc1ccc(O)cc1. The highest BCUT2D eigenvalue weighted by molar-refractivity contribution is 5.76. The van der Waals surface area contributed by atoms with Gasteiger partial charge in [-0.05, 0) is 44.0 Å². The highest BCUT2D eigenvalue weighted by Gasteiger charge is 2.07. The second-order valence-corrected chi connectivity index (χ2v) is 4.78. The molecule has 1 aromatic carbocycles. The van der Waals surface area contributed by atoms with E-state index in [1.807, 2.05) is 26.0 Å². The molecule has 0 bridgehead atoms. The Balaban J connectivity index is 2.21. The Morgan fingerprint density at radius 2 is 2.00 bits per heavy atom. The second-order valence-electron chi connectivity index (χ2n) is 4.78. The minimum absolute atomic E-state index is 0.0964. The number of aromatic hydroxyl groups is 1. The Morgan fingerprint density at radius 3 is 2.63 bits per heavy atom. The maximum atomic E-state index is 11.6. The van der Waals surface area contributed by atoms with Crippen molar-refractivity contribution in [3.05, 3.63) is 29.8 Å². The summed E-state index contributed by atoms with van der Waals surface area (Å²) in [6.45, 7) is 5.67. The van der Waals surface area contributed by atoms with E-state index in [9.17, 15) is 9.90 Å². The molecule has 0 fully saturated rings. The van der Waals surface area contributed by atoms with Crippen LogP contribution in [0.2, 0.25) is 0 Å². The molecule has 0 heterocycles. The molecule has 19 heavy (non-hydrogen) atoms. The van der Waals surface area contributed by atoms with Crippen molar-refractivity contribution in [3.8, 4) is 5.75 Å². The lowest BCUT2D eigenvalue weighted by molar-refractivity contribution is -0.121. The van der Waals surface area contributed by atoms with E-state index in [1.165, 1.54) is 5.56 Å². The van der Waals surface area contributed by atoms with Crippen molar-refractivity contribution < 1.29 is 9.90 Å². The van der Waals surface area contributed by atoms with Crippen LogP contribution in [0.15, 0.2) is 24.3 Å². The predicted molar refractivity (Wildman–Crippen MR) is 77.2 cm³/mol. The van der Waals surface area contributed by atoms with Crippen LogP contribution in [0.5, 0.6) is 5.75 Å². The van der Waals surface area contributed by atoms with Gasteiger partial charge in [0.2, 0.25) is 5.91 Å². The molecule has 0 aromatic heterocycles. The smallest absolute Gasteiger partial charge is 0.221 e. The Kier molecular flexibility index (Phi) is 6.97. The fourth-order valence-corrected chi connectivity index (χ4v) is 1.84. The lowest BCUT2D eigenvalue weighted by Crippen LogP contribution is -2.34. The number of amides is 1. The Labute approximate surface area is 115 Å². The third-order valence-corrected chi connectivity index (χ3v) is 2.99. The lowest BCUT2D eigenvalue weighted by atomic mass is 10.1. The number of rotatable bonds is 8. The van der Waals surface area contributed by atoms with Crippen molar-refractivity contribution in [2.75, 3.05) is 13.1 Å². The molecule has 1 atom stereocenters. The van der Waals surface area contributed by atoms with Gasteiger partial charge in [0, 0.05) is 19.0 Å². The molecule has 3 N–H and O–H groups in total. The molecule has 0 saturated carbocycles. The fraction of sp³-hybridized carbons (Fsp3) is 0.533. The van der Waals surface area contributed by atoms with Crippen molar-refractivity contribution >= 4 is 5.91 Å². The fourth-order valence-electron chi connectivity index (χ4n) is 1.84. The molecule has 0 aliphatic heterocycles. The van der Waals surface area contributed by atoms with Crippen LogP contribution in [0.25, 0.3) is 0 Å². The van der Waals surface area contributed by atoms with Gasteiger partial charge < -0.3 is 15.7 Å². The number of benzene rings is 1. The van der Waals surface area contributed by atoms with E-state index in [4.69, 9.17) is 0 Å². The Hall–Kier alpha value is -1.55. The lowest BCUT2D eigenvalue weighted by Gasteiger charge is -2.14. The molecule has 1 unspecified atom stereocenters. The Bertz CT molecular complexity index is 376. The van der Waals surface area contributed by atoms with Gasteiger partial charge in [-0.1, -0.05) is 19.1 Å². The van der Waals surface area contributed by atoms with Crippen LogP contribution in [0.3, 0.4) is 0 Å². The molecule has 4 heteroatoms. The molecule has 0 aliphatic carbocycles. The van der Waals surface area contributed by atoms with Crippen LogP contribution >= 0.6 is 0 Å². The molecule has 4 nitrogen and oxygen atoms in total. The normalized spacial score (nSPS) is 12.1. The first-order chi connectivity index (χ1) is 9.11. The number of nitrogens with one attached hydrogen (secondary N) is 2. The maximum Gasteiger partial charge on any atom is 0.221 e. The van der Waals surface area contributed by atoms with Crippen molar-refractivity contribution in [1.82, 2.24) is 10.6 Å². The summed E-state index contributed by atoms with van der Waals surface area (Å²) in [5.74, 6) is 0.382. The number of aryl methyl sites for hydroxylation is 1. The van der Waals surface area contributed by atoms with Crippen molar-refractivity contribution in [1.29, 1.82) is 0 Å². The van der Waals surface area contributed by atoms with Crippen LogP contribution in [0.4, 0.5) is 0 Å². The molecule has 1 rings (SSSR count). The van der Waals surface area contributed by atoms with Gasteiger partial charge in [-0.15, -0.1) is 0 Å². The van der Waals surface area contributed by atoms with Crippen molar-refractivity contribution in [3.63, 3.8) is 0 Å². The third kappa shape index (κ3) is 6.82. The maximum absolute atomic E-state index is 11.6. The van der Waals surface area contributed by atoms with E-state index in [1.54, 1.807) is 12.1 Å².